The van der Waals surface area contributed by atoms with Gasteiger partial charge in [-0.3, -0.25) is 9.78 Å². The maximum absolute atomic E-state index is 12.1. The number of nitrogens with one attached hydrogen (secondary N) is 1. The second-order valence-electron chi connectivity index (χ2n) is 4.31. The van der Waals surface area contributed by atoms with Crippen LogP contribution in [0.5, 0.6) is 0 Å². The van der Waals surface area contributed by atoms with Gasteiger partial charge in [-0.2, -0.15) is 0 Å². The van der Waals surface area contributed by atoms with Crippen molar-refractivity contribution < 1.29 is 9.32 Å². The standard InChI is InChI=1S/C13H12N4O2S/c1-7-5-8(17-19-7)6-16-13(18)12-10(14)11-9(20-12)3-2-4-15-11/h2-5H,6,14H2,1H3,(H,16,18). The van der Waals surface area contributed by atoms with E-state index in [0.29, 0.717) is 34.1 Å². The average Bonchev–Trinajstić information content (AvgIpc) is 3.01. The Morgan fingerprint density at radius 3 is 3.10 bits per heavy atom. The van der Waals surface area contributed by atoms with E-state index in [1.807, 2.05) is 12.1 Å². The number of amides is 1. The van der Waals surface area contributed by atoms with Crippen molar-refractivity contribution in [3.8, 4) is 0 Å². The Morgan fingerprint density at radius 2 is 2.40 bits per heavy atom. The molecule has 0 aliphatic heterocycles. The van der Waals surface area contributed by atoms with E-state index in [4.69, 9.17) is 10.3 Å². The SMILES string of the molecule is Cc1cc(CNC(=O)c2sc3cccnc3c2N)no1. The van der Waals surface area contributed by atoms with Crippen LogP contribution in [-0.2, 0) is 6.54 Å². The van der Waals surface area contributed by atoms with Crippen LogP contribution >= 0.6 is 11.3 Å². The molecule has 102 valence electrons. The minimum atomic E-state index is -0.230. The fraction of sp³-hybridized carbons (Fsp3) is 0.154. The molecule has 0 aromatic carbocycles. The van der Waals surface area contributed by atoms with Crippen LogP contribution in [-0.4, -0.2) is 16.0 Å². The van der Waals surface area contributed by atoms with Crippen molar-refractivity contribution in [2.24, 2.45) is 0 Å². The number of aromatic nitrogens is 2. The van der Waals surface area contributed by atoms with Crippen LogP contribution in [0.2, 0.25) is 0 Å². The van der Waals surface area contributed by atoms with Crippen LogP contribution in [0, 0.1) is 6.92 Å². The molecule has 0 unspecified atom stereocenters. The quantitative estimate of drug-likeness (QED) is 0.769. The van der Waals surface area contributed by atoms with E-state index in [1.165, 1.54) is 11.3 Å². The highest BCUT2D eigenvalue weighted by Crippen LogP contribution is 2.31. The normalized spacial score (nSPS) is 10.8. The molecule has 20 heavy (non-hydrogen) atoms. The van der Waals surface area contributed by atoms with Gasteiger partial charge in [-0.1, -0.05) is 5.16 Å². The first-order valence-electron chi connectivity index (χ1n) is 5.98. The first-order valence-corrected chi connectivity index (χ1v) is 6.80. The van der Waals surface area contributed by atoms with Crippen molar-refractivity contribution in [2.45, 2.75) is 13.5 Å². The summed E-state index contributed by atoms with van der Waals surface area (Å²) in [5.41, 5.74) is 7.72. The number of carbonyl (C=O) groups is 1. The van der Waals surface area contributed by atoms with Crippen molar-refractivity contribution in [1.29, 1.82) is 0 Å². The largest absolute Gasteiger partial charge is 0.396 e. The van der Waals surface area contributed by atoms with Gasteiger partial charge in [0.1, 0.15) is 21.8 Å². The van der Waals surface area contributed by atoms with Crippen molar-refractivity contribution in [1.82, 2.24) is 15.5 Å². The number of pyridine rings is 1. The molecule has 0 atom stereocenters. The van der Waals surface area contributed by atoms with E-state index in [2.05, 4.69) is 15.5 Å². The second kappa shape index (κ2) is 4.93. The molecule has 0 radical (unpaired) electrons. The van der Waals surface area contributed by atoms with E-state index in [1.54, 1.807) is 19.2 Å². The highest BCUT2D eigenvalue weighted by atomic mass is 32.1. The van der Waals surface area contributed by atoms with Gasteiger partial charge < -0.3 is 15.6 Å². The first kappa shape index (κ1) is 12.6. The Morgan fingerprint density at radius 1 is 1.55 bits per heavy atom. The molecule has 0 saturated carbocycles. The smallest absolute Gasteiger partial charge is 0.263 e. The minimum absolute atomic E-state index is 0.230. The third kappa shape index (κ3) is 2.23. The summed E-state index contributed by atoms with van der Waals surface area (Å²) in [5, 5.41) is 6.59. The van der Waals surface area contributed by atoms with Crippen molar-refractivity contribution in [3.63, 3.8) is 0 Å². The number of nitrogen functional groups attached to an aromatic ring is 1. The van der Waals surface area contributed by atoms with Crippen LogP contribution in [0.15, 0.2) is 28.9 Å². The summed E-state index contributed by atoms with van der Waals surface area (Å²) in [4.78, 5) is 16.8. The number of thiophene rings is 1. The molecule has 3 rings (SSSR count). The van der Waals surface area contributed by atoms with Crippen LogP contribution in [0.25, 0.3) is 10.2 Å². The zero-order chi connectivity index (χ0) is 14.1. The number of fused-ring (bicyclic) bond motifs is 1. The number of nitrogens with two attached hydrogens (primary N) is 1. The average molecular weight is 288 g/mol. The zero-order valence-electron chi connectivity index (χ0n) is 10.7. The Labute approximate surface area is 118 Å². The summed E-state index contributed by atoms with van der Waals surface area (Å²) < 4.78 is 5.84. The third-order valence-corrected chi connectivity index (χ3v) is 3.95. The number of aryl methyl sites for hydroxylation is 1. The van der Waals surface area contributed by atoms with Gasteiger partial charge in [0, 0.05) is 12.3 Å². The highest BCUT2D eigenvalue weighted by molar-refractivity contribution is 7.21. The minimum Gasteiger partial charge on any atom is -0.396 e. The predicted molar refractivity (Wildman–Crippen MR) is 76.4 cm³/mol. The Hall–Kier alpha value is -2.41. The molecule has 0 aliphatic carbocycles. The van der Waals surface area contributed by atoms with Crippen LogP contribution in [0.1, 0.15) is 21.1 Å². The Kier molecular flexibility index (Phi) is 3.11. The van der Waals surface area contributed by atoms with E-state index >= 15 is 0 Å². The van der Waals surface area contributed by atoms with Crippen LogP contribution < -0.4 is 11.1 Å². The highest BCUT2D eigenvalue weighted by Gasteiger charge is 2.17. The molecule has 3 heterocycles. The van der Waals surface area contributed by atoms with Gasteiger partial charge in [0.2, 0.25) is 0 Å². The lowest BCUT2D eigenvalue weighted by atomic mass is 10.3. The summed E-state index contributed by atoms with van der Waals surface area (Å²) in [7, 11) is 0. The molecule has 0 aliphatic rings. The van der Waals surface area contributed by atoms with Gasteiger partial charge in [-0.15, -0.1) is 11.3 Å². The Bertz CT molecular complexity index is 778. The van der Waals surface area contributed by atoms with Crippen molar-refractivity contribution in [2.75, 3.05) is 5.73 Å². The lowest BCUT2D eigenvalue weighted by molar-refractivity contribution is 0.0955. The molecule has 3 N–H and O–H groups in total. The number of hydrogen-bond donors (Lipinski definition) is 2. The topological polar surface area (TPSA) is 94.0 Å². The van der Waals surface area contributed by atoms with E-state index in [9.17, 15) is 4.79 Å². The lowest BCUT2D eigenvalue weighted by Gasteiger charge is -2.01. The van der Waals surface area contributed by atoms with Gasteiger partial charge in [-0.25, -0.2) is 0 Å². The second-order valence-corrected chi connectivity index (χ2v) is 5.36. The maximum Gasteiger partial charge on any atom is 0.263 e. The van der Waals surface area contributed by atoms with Gasteiger partial charge in [-0.05, 0) is 19.1 Å². The number of rotatable bonds is 3. The fourth-order valence-electron chi connectivity index (χ4n) is 1.87. The molecule has 3 aromatic heterocycles. The number of carbonyl (C=O) groups excluding carboxylic acids is 1. The maximum atomic E-state index is 12.1. The van der Waals surface area contributed by atoms with Gasteiger partial charge >= 0.3 is 0 Å². The molecule has 0 bridgehead atoms. The molecule has 0 spiro atoms. The van der Waals surface area contributed by atoms with Crippen LogP contribution in [0.4, 0.5) is 5.69 Å². The summed E-state index contributed by atoms with van der Waals surface area (Å²) in [6, 6.07) is 5.48. The predicted octanol–water partition coefficient (Wildman–Crippen LogP) is 2.10. The molecule has 0 saturated heterocycles. The summed E-state index contributed by atoms with van der Waals surface area (Å²) in [6.07, 6.45) is 1.66. The van der Waals surface area contributed by atoms with Gasteiger partial charge in [0.05, 0.1) is 16.9 Å². The molecule has 1 amide bonds. The summed E-state index contributed by atoms with van der Waals surface area (Å²) in [6.45, 7) is 2.10. The summed E-state index contributed by atoms with van der Waals surface area (Å²) in [5.74, 6) is 0.478. The molecule has 3 aromatic rings. The van der Waals surface area contributed by atoms with Gasteiger partial charge in [0.25, 0.3) is 5.91 Å². The van der Waals surface area contributed by atoms with Crippen LogP contribution in [0.3, 0.4) is 0 Å². The fourth-order valence-corrected chi connectivity index (χ4v) is 2.87. The van der Waals surface area contributed by atoms with E-state index in [-0.39, 0.29) is 5.91 Å². The number of hydrogen-bond acceptors (Lipinski definition) is 6. The van der Waals surface area contributed by atoms with E-state index in [0.717, 1.165) is 4.70 Å². The number of nitrogens with zero attached hydrogens (tertiary/aromatic N) is 2. The molecule has 0 fully saturated rings. The van der Waals surface area contributed by atoms with Crippen molar-refractivity contribution >= 4 is 33.1 Å². The lowest BCUT2D eigenvalue weighted by Crippen LogP contribution is -2.22. The van der Waals surface area contributed by atoms with Crippen molar-refractivity contribution in [3.05, 3.63) is 40.7 Å². The monoisotopic (exact) mass is 288 g/mol. The first-order chi connectivity index (χ1) is 9.65. The molecular formula is C13H12N4O2S. The van der Waals surface area contributed by atoms with Gasteiger partial charge in [0.15, 0.2) is 0 Å². The molecular weight excluding hydrogens is 276 g/mol. The molecule has 7 heteroatoms. The Balaban J connectivity index is 1.80. The number of anilines is 1. The third-order valence-electron chi connectivity index (χ3n) is 2.80. The zero-order valence-corrected chi connectivity index (χ0v) is 11.5. The summed E-state index contributed by atoms with van der Waals surface area (Å²) >= 11 is 1.33. The van der Waals surface area contributed by atoms with E-state index < -0.39 is 0 Å². The molecule has 6 nitrogen and oxygen atoms in total.